The van der Waals surface area contributed by atoms with Crippen molar-refractivity contribution in [2.75, 3.05) is 24.6 Å². The van der Waals surface area contributed by atoms with E-state index in [-0.39, 0.29) is 17.6 Å². The van der Waals surface area contributed by atoms with E-state index in [1.807, 2.05) is 0 Å². The van der Waals surface area contributed by atoms with E-state index in [0.29, 0.717) is 37.1 Å². The van der Waals surface area contributed by atoms with Crippen molar-refractivity contribution in [1.29, 1.82) is 0 Å². The van der Waals surface area contributed by atoms with E-state index in [2.05, 4.69) is 49.0 Å². The third-order valence-electron chi connectivity index (χ3n) is 3.44. The predicted molar refractivity (Wildman–Crippen MR) is 116 cm³/mol. The maximum atomic E-state index is 11.6. The van der Waals surface area contributed by atoms with Crippen molar-refractivity contribution < 1.29 is 19.2 Å². The summed E-state index contributed by atoms with van der Waals surface area (Å²) in [4.78, 5) is 46.3. The van der Waals surface area contributed by atoms with Gasteiger partial charge in [0.05, 0.1) is 5.75 Å². The predicted octanol–water partition coefficient (Wildman–Crippen LogP) is 2.89. The molecule has 0 unspecified atom stereocenters. The molecule has 10 heteroatoms. The number of carbonyl (C=O) groups is 4. The lowest BCUT2D eigenvalue weighted by Crippen LogP contribution is -2.41. The van der Waals surface area contributed by atoms with E-state index in [1.165, 1.54) is 21.6 Å². The van der Waals surface area contributed by atoms with Crippen molar-refractivity contribution in [2.45, 2.75) is 53.4 Å². The van der Waals surface area contributed by atoms with Crippen LogP contribution in [0.25, 0.3) is 0 Å². The summed E-state index contributed by atoms with van der Waals surface area (Å²) in [6, 6.07) is -0.983. The van der Waals surface area contributed by atoms with Gasteiger partial charge in [0, 0.05) is 25.3 Å². The van der Waals surface area contributed by atoms with E-state index < -0.39 is 12.1 Å². The molecule has 0 saturated carbocycles. The summed E-state index contributed by atoms with van der Waals surface area (Å²) in [6.07, 6.45) is 2.92. The standard InChI is InChI=1S/C18H34N4O4S2/c1-13(2)6-5-7-15(23)21-18(26)20-10-11-27-28-12-16(24)22-17(25)19-9-8-14(3)4/h13-14H,5-12H2,1-4H3,(H2,19,22,24,25)(H2,20,21,23,26). The van der Waals surface area contributed by atoms with Crippen LogP contribution in [0, 0.1) is 11.8 Å². The van der Waals surface area contributed by atoms with Gasteiger partial charge in [-0.1, -0.05) is 55.7 Å². The van der Waals surface area contributed by atoms with Crippen molar-refractivity contribution in [2.24, 2.45) is 11.8 Å². The Labute approximate surface area is 175 Å². The first-order chi connectivity index (χ1) is 13.2. The number of nitrogens with one attached hydrogen (secondary N) is 4. The van der Waals surface area contributed by atoms with E-state index in [0.717, 1.165) is 19.3 Å². The summed E-state index contributed by atoms with van der Waals surface area (Å²) in [5.74, 6) is 1.11. The van der Waals surface area contributed by atoms with Gasteiger partial charge in [-0.15, -0.1) is 0 Å². The van der Waals surface area contributed by atoms with Gasteiger partial charge in [0.25, 0.3) is 0 Å². The maximum absolute atomic E-state index is 11.6. The molecule has 0 heterocycles. The first-order valence-corrected chi connectivity index (χ1v) is 12.1. The highest BCUT2D eigenvalue weighted by molar-refractivity contribution is 8.76. The molecule has 28 heavy (non-hydrogen) atoms. The van der Waals surface area contributed by atoms with Crippen molar-refractivity contribution >= 4 is 45.5 Å². The normalized spacial score (nSPS) is 10.6. The molecule has 0 spiro atoms. The van der Waals surface area contributed by atoms with Crippen LogP contribution in [-0.4, -0.2) is 48.5 Å². The zero-order chi connectivity index (χ0) is 21.4. The molecule has 0 aromatic heterocycles. The van der Waals surface area contributed by atoms with Crippen LogP contribution in [0.4, 0.5) is 9.59 Å². The molecule has 8 nitrogen and oxygen atoms in total. The number of hydrogen-bond donors (Lipinski definition) is 4. The van der Waals surface area contributed by atoms with Crippen LogP contribution in [-0.2, 0) is 9.59 Å². The molecule has 0 aliphatic heterocycles. The minimum Gasteiger partial charge on any atom is -0.338 e. The summed E-state index contributed by atoms with van der Waals surface area (Å²) in [5.41, 5.74) is 0. The van der Waals surface area contributed by atoms with Crippen molar-refractivity contribution in [3.05, 3.63) is 0 Å². The zero-order valence-corrected chi connectivity index (χ0v) is 18.9. The van der Waals surface area contributed by atoms with Gasteiger partial charge < -0.3 is 10.6 Å². The molecule has 0 atom stereocenters. The molecule has 162 valence electrons. The third-order valence-corrected chi connectivity index (χ3v) is 5.71. The molecule has 0 radical (unpaired) electrons. The summed E-state index contributed by atoms with van der Waals surface area (Å²) >= 11 is 0. The molecule has 4 N–H and O–H groups in total. The molecule has 0 aliphatic rings. The van der Waals surface area contributed by atoms with Gasteiger partial charge in [-0.2, -0.15) is 0 Å². The van der Waals surface area contributed by atoms with Gasteiger partial charge in [-0.3, -0.25) is 20.2 Å². The van der Waals surface area contributed by atoms with Crippen molar-refractivity contribution in [3.8, 4) is 0 Å². The van der Waals surface area contributed by atoms with Crippen LogP contribution in [0.1, 0.15) is 53.4 Å². The lowest BCUT2D eigenvalue weighted by molar-refractivity contribution is -0.120. The fourth-order valence-corrected chi connectivity index (χ4v) is 3.69. The minimum absolute atomic E-state index is 0.142. The second kappa shape index (κ2) is 16.5. The highest BCUT2D eigenvalue weighted by Crippen LogP contribution is 2.19. The number of amides is 6. The van der Waals surface area contributed by atoms with Crippen molar-refractivity contribution in [1.82, 2.24) is 21.3 Å². The summed E-state index contributed by atoms with van der Waals surface area (Å²) in [5, 5.41) is 9.79. The topological polar surface area (TPSA) is 116 Å². The van der Waals surface area contributed by atoms with Gasteiger partial charge >= 0.3 is 12.1 Å². The molecule has 0 bridgehead atoms. The van der Waals surface area contributed by atoms with E-state index in [1.54, 1.807) is 0 Å². The fourth-order valence-electron chi connectivity index (χ4n) is 1.95. The molecule has 0 fully saturated rings. The Morgan fingerprint density at radius 2 is 1.32 bits per heavy atom. The molecular formula is C18H34N4O4S2. The van der Waals surface area contributed by atoms with Gasteiger partial charge in [-0.25, -0.2) is 9.59 Å². The average molecular weight is 435 g/mol. The Morgan fingerprint density at radius 3 is 1.93 bits per heavy atom. The van der Waals surface area contributed by atoms with Gasteiger partial charge in [-0.05, 0) is 24.7 Å². The SMILES string of the molecule is CC(C)CCCC(=O)NC(=O)NCCSSCC(=O)NC(=O)NCCC(C)C. The van der Waals surface area contributed by atoms with Crippen LogP contribution >= 0.6 is 21.6 Å². The second-order valence-corrected chi connectivity index (χ2v) is 9.74. The second-order valence-electron chi connectivity index (χ2n) is 7.16. The first-order valence-electron chi connectivity index (χ1n) is 9.60. The maximum Gasteiger partial charge on any atom is 0.321 e. The van der Waals surface area contributed by atoms with E-state index in [4.69, 9.17) is 0 Å². The van der Waals surface area contributed by atoms with Gasteiger partial charge in [0.1, 0.15) is 0 Å². The van der Waals surface area contributed by atoms with Crippen LogP contribution in [0.2, 0.25) is 0 Å². The molecule has 0 aromatic carbocycles. The Hall–Kier alpha value is -1.42. The van der Waals surface area contributed by atoms with Crippen LogP contribution in [0.5, 0.6) is 0 Å². The molecule has 0 aliphatic carbocycles. The highest BCUT2D eigenvalue weighted by Gasteiger charge is 2.09. The van der Waals surface area contributed by atoms with Crippen LogP contribution in [0.3, 0.4) is 0 Å². The Morgan fingerprint density at radius 1 is 0.750 bits per heavy atom. The molecular weight excluding hydrogens is 400 g/mol. The highest BCUT2D eigenvalue weighted by atomic mass is 33.1. The fraction of sp³-hybridized carbons (Fsp3) is 0.778. The Balaban J connectivity index is 3.61. The summed E-state index contributed by atoms with van der Waals surface area (Å²) in [7, 11) is 2.70. The largest absolute Gasteiger partial charge is 0.338 e. The van der Waals surface area contributed by atoms with E-state index >= 15 is 0 Å². The Bertz CT molecular complexity index is 458. The van der Waals surface area contributed by atoms with Crippen LogP contribution < -0.4 is 21.3 Å². The molecule has 0 aromatic rings. The number of hydrogen-bond acceptors (Lipinski definition) is 6. The minimum atomic E-state index is -0.504. The Kier molecular flexibility index (Phi) is 15.7. The van der Waals surface area contributed by atoms with Gasteiger partial charge in [0.2, 0.25) is 11.8 Å². The first kappa shape index (κ1) is 26.6. The van der Waals surface area contributed by atoms with E-state index in [9.17, 15) is 19.2 Å². The number of rotatable bonds is 13. The monoisotopic (exact) mass is 434 g/mol. The summed E-state index contributed by atoms with van der Waals surface area (Å²) in [6.45, 7) is 9.21. The average Bonchev–Trinajstić information content (AvgIpc) is 2.57. The zero-order valence-electron chi connectivity index (χ0n) is 17.3. The number of carbonyl (C=O) groups excluding carboxylic acids is 4. The molecule has 0 rings (SSSR count). The smallest absolute Gasteiger partial charge is 0.321 e. The number of imide groups is 2. The van der Waals surface area contributed by atoms with Gasteiger partial charge in [0.15, 0.2) is 0 Å². The summed E-state index contributed by atoms with van der Waals surface area (Å²) < 4.78 is 0. The van der Waals surface area contributed by atoms with Crippen molar-refractivity contribution in [3.63, 3.8) is 0 Å². The molecule has 0 saturated heterocycles. The molecule has 6 amide bonds. The van der Waals surface area contributed by atoms with Crippen LogP contribution in [0.15, 0.2) is 0 Å². The third kappa shape index (κ3) is 18.0. The lowest BCUT2D eigenvalue weighted by Gasteiger charge is -2.08. The lowest BCUT2D eigenvalue weighted by atomic mass is 10.1. The quantitative estimate of drug-likeness (QED) is 0.262. The number of urea groups is 2.